The number of aliphatic hydroxyl groups is 2. The van der Waals surface area contributed by atoms with E-state index in [0.717, 1.165) is 0 Å². The second-order valence-electron chi connectivity index (χ2n) is 2.96. The van der Waals surface area contributed by atoms with Gasteiger partial charge < -0.3 is 10.2 Å². The highest BCUT2D eigenvalue weighted by Gasteiger charge is 1.83. The molecule has 0 radical (unpaired) electrons. The molecular formula is C12H17AlN2O2. The van der Waals surface area contributed by atoms with Crippen LogP contribution in [-0.2, 0) is 13.2 Å². The average molecular weight is 248 g/mol. The van der Waals surface area contributed by atoms with Crippen molar-refractivity contribution in [2.45, 2.75) is 13.2 Å². The first-order valence-corrected chi connectivity index (χ1v) is 4.88. The molecule has 0 fully saturated rings. The third-order valence-corrected chi connectivity index (χ3v) is 1.78. The molecule has 2 aromatic heterocycles. The van der Waals surface area contributed by atoms with Crippen LogP contribution < -0.4 is 0 Å². The number of aliphatic hydroxyl groups excluding tert-OH is 2. The van der Waals surface area contributed by atoms with Crippen LogP contribution in [0.25, 0.3) is 0 Å². The molecule has 17 heavy (non-hydrogen) atoms. The molecule has 0 spiro atoms. The Kier molecular flexibility index (Phi) is 9.21. The van der Waals surface area contributed by atoms with E-state index < -0.39 is 0 Å². The van der Waals surface area contributed by atoms with E-state index in [0.29, 0.717) is 11.4 Å². The van der Waals surface area contributed by atoms with Gasteiger partial charge in [-0.1, -0.05) is 12.1 Å². The molecular weight excluding hydrogens is 231 g/mol. The number of aromatic nitrogens is 2. The second-order valence-corrected chi connectivity index (χ2v) is 2.96. The molecule has 0 amide bonds. The van der Waals surface area contributed by atoms with Crippen molar-refractivity contribution in [3.05, 3.63) is 60.2 Å². The molecule has 2 rings (SSSR count). The molecule has 5 heteroatoms. The Morgan fingerprint density at radius 1 is 0.765 bits per heavy atom. The van der Waals surface area contributed by atoms with E-state index in [9.17, 15) is 0 Å². The van der Waals surface area contributed by atoms with Crippen molar-refractivity contribution in [2.24, 2.45) is 0 Å². The van der Waals surface area contributed by atoms with Crippen LogP contribution in [0, 0.1) is 0 Å². The van der Waals surface area contributed by atoms with Crippen molar-refractivity contribution >= 4 is 17.4 Å². The summed E-state index contributed by atoms with van der Waals surface area (Å²) in [6.45, 7) is 0.0572. The van der Waals surface area contributed by atoms with Gasteiger partial charge in [0.2, 0.25) is 0 Å². The van der Waals surface area contributed by atoms with Gasteiger partial charge in [0, 0.05) is 12.4 Å². The van der Waals surface area contributed by atoms with Crippen LogP contribution in [-0.4, -0.2) is 37.5 Å². The predicted octanol–water partition coefficient (Wildman–Crippen LogP) is -0.0361. The minimum Gasteiger partial charge on any atom is -0.390 e. The zero-order chi connectivity index (χ0) is 11.6. The predicted molar refractivity (Wildman–Crippen MR) is 70.3 cm³/mol. The highest BCUT2D eigenvalue weighted by Crippen LogP contribution is 1.90. The van der Waals surface area contributed by atoms with Crippen molar-refractivity contribution in [3.63, 3.8) is 0 Å². The highest BCUT2D eigenvalue weighted by molar-refractivity contribution is 5.75. The lowest BCUT2D eigenvalue weighted by Crippen LogP contribution is -1.84. The number of pyridine rings is 2. The first-order chi connectivity index (χ1) is 7.86. The minimum absolute atomic E-state index is 0. The normalized spacial score (nSPS) is 8.59. The van der Waals surface area contributed by atoms with Gasteiger partial charge in [0.25, 0.3) is 0 Å². The quantitative estimate of drug-likeness (QED) is 0.732. The molecule has 0 bridgehead atoms. The fraction of sp³-hybridized carbons (Fsp3) is 0.167. The van der Waals surface area contributed by atoms with Gasteiger partial charge in [-0.25, -0.2) is 0 Å². The van der Waals surface area contributed by atoms with E-state index in [2.05, 4.69) is 9.97 Å². The summed E-state index contributed by atoms with van der Waals surface area (Å²) >= 11 is 0. The molecule has 2 heterocycles. The Bertz CT molecular complexity index is 345. The molecule has 2 N–H and O–H groups in total. The summed E-state index contributed by atoms with van der Waals surface area (Å²) in [7, 11) is 0. The number of nitrogens with zero attached hydrogens (tertiary/aromatic N) is 2. The topological polar surface area (TPSA) is 66.2 Å². The van der Waals surface area contributed by atoms with Crippen LogP contribution in [0.2, 0.25) is 0 Å². The lowest BCUT2D eigenvalue weighted by molar-refractivity contribution is 0.276. The zero-order valence-corrected chi connectivity index (χ0v) is 8.82. The van der Waals surface area contributed by atoms with Crippen LogP contribution in [0.4, 0.5) is 0 Å². The van der Waals surface area contributed by atoms with Crippen LogP contribution >= 0.6 is 0 Å². The van der Waals surface area contributed by atoms with Gasteiger partial charge in [-0.3, -0.25) is 9.97 Å². The lowest BCUT2D eigenvalue weighted by atomic mass is 10.4. The first kappa shape index (κ1) is 15.8. The Balaban J connectivity index is 0.000000284. The molecule has 4 nitrogen and oxygen atoms in total. The van der Waals surface area contributed by atoms with Gasteiger partial charge in [-0.2, -0.15) is 0 Å². The molecule has 0 aliphatic heterocycles. The Morgan fingerprint density at radius 3 is 1.35 bits per heavy atom. The van der Waals surface area contributed by atoms with Crippen molar-refractivity contribution in [1.29, 1.82) is 0 Å². The third-order valence-electron chi connectivity index (χ3n) is 1.78. The van der Waals surface area contributed by atoms with Crippen molar-refractivity contribution in [1.82, 2.24) is 9.97 Å². The van der Waals surface area contributed by atoms with E-state index in [1.807, 2.05) is 24.3 Å². The van der Waals surface area contributed by atoms with Gasteiger partial charge in [0.15, 0.2) is 17.4 Å². The Morgan fingerprint density at radius 2 is 1.18 bits per heavy atom. The molecule has 0 saturated carbocycles. The summed E-state index contributed by atoms with van der Waals surface area (Å²) in [5.41, 5.74) is 1.43. The molecule has 0 aromatic carbocycles. The molecule has 0 aliphatic rings. The Hall–Kier alpha value is -1.25. The fourth-order valence-electron chi connectivity index (χ4n) is 0.983. The number of hydrogen-bond acceptors (Lipinski definition) is 4. The maximum Gasteiger partial charge on any atom is 0.187 e. The summed E-state index contributed by atoms with van der Waals surface area (Å²) in [4.78, 5) is 7.69. The van der Waals surface area contributed by atoms with E-state index in [1.165, 1.54) is 0 Å². The van der Waals surface area contributed by atoms with Crippen LogP contribution in [0.3, 0.4) is 0 Å². The molecule has 2 aromatic rings. The summed E-state index contributed by atoms with van der Waals surface area (Å²) in [5.74, 6) is 0. The van der Waals surface area contributed by atoms with Gasteiger partial charge in [0.1, 0.15) is 0 Å². The summed E-state index contributed by atoms with van der Waals surface area (Å²) in [5, 5.41) is 17.0. The summed E-state index contributed by atoms with van der Waals surface area (Å²) < 4.78 is 0. The summed E-state index contributed by atoms with van der Waals surface area (Å²) in [6, 6.07) is 10.9. The highest BCUT2D eigenvalue weighted by atomic mass is 27.0. The molecule has 0 atom stereocenters. The van der Waals surface area contributed by atoms with Gasteiger partial charge in [-0.15, -0.1) is 0 Å². The standard InChI is InChI=1S/2C6H7NO.Al.3H/c2*8-5-6-3-1-2-4-7-6;;;;/h2*1-4,8H,5H2;;;;. The van der Waals surface area contributed by atoms with Crippen molar-refractivity contribution in [3.8, 4) is 0 Å². The van der Waals surface area contributed by atoms with Gasteiger partial charge in [-0.05, 0) is 24.3 Å². The minimum atomic E-state index is 0. The van der Waals surface area contributed by atoms with E-state index >= 15 is 0 Å². The molecule has 0 saturated heterocycles. The maximum absolute atomic E-state index is 8.48. The lowest BCUT2D eigenvalue weighted by Gasteiger charge is -1.88. The first-order valence-electron chi connectivity index (χ1n) is 4.88. The summed E-state index contributed by atoms with van der Waals surface area (Å²) in [6.07, 6.45) is 3.32. The van der Waals surface area contributed by atoms with Crippen LogP contribution in [0.15, 0.2) is 48.8 Å². The maximum atomic E-state index is 8.48. The molecule has 90 valence electrons. The zero-order valence-electron chi connectivity index (χ0n) is 8.82. The third kappa shape index (κ3) is 6.82. The van der Waals surface area contributed by atoms with E-state index in [1.54, 1.807) is 24.5 Å². The fourth-order valence-corrected chi connectivity index (χ4v) is 0.983. The molecule has 0 unspecified atom stereocenters. The van der Waals surface area contributed by atoms with E-state index in [-0.39, 0.29) is 30.6 Å². The average Bonchev–Trinajstić information content (AvgIpc) is 2.41. The second kappa shape index (κ2) is 9.94. The largest absolute Gasteiger partial charge is 0.390 e. The Labute approximate surface area is 111 Å². The van der Waals surface area contributed by atoms with Gasteiger partial charge >= 0.3 is 0 Å². The molecule has 0 aliphatic carbocycles. The van der Waals surface area contributed by atoms with Crippen LogP contribution in [0.5, 0.6) is 0 Å². The van der Waals surface area contributed by atoms with E-state index in [4.69, 9.17) is 10.2 Å². The monoisotopic (exact) mass is 248 g/mol. The van der Waals surface area contributed by atoms with Gasteiger partial charge in [0.05, 0.1) is 24.6 Å². The van der Waals surface area contributed by atoms with Crippen molar-refractivity contribution < 1.29 is 10.2 Å². The number of rotatable bonds is 2. The number of hydrogen-bond donors (Lipinski definition) is 2. The van der Waals surface area contributed by atoms with Crippen molar-refractivity contribution in [2.75, 3.05) is 0 Å². The SMILES string of the molecule is OCc1ccccn1.OCc1ccccn1.[AlH3]. The van der Waals surface area contributed by atoms with Crippen LogP contribution in [0.1, 0.15) is 11.4 Å². The smallest absolute Gasteiger partial charge is 0.187 e.